The van der Waals surface area contributed by atoms with Gasteiger partial charge in [-0.15, -0.1) is 0 Å². The normalized spacial score (nSPS) is 36.3. The summed E-state index contributed by atoms with van der Waals surface area (Å²) in [7, 11) is 1.85. The van der Waals surface area contributed by atoms with E-state index in [1.807, 2.05) is 19.2 Å². The maximum Gasteiger partial charge on any atom is 1.00 e. The molecule has 2 N–H and O–H groups in total. The van der Waals surface area contributed by atoms with Gasteiger partial charge in [-0.05, 0) is 0 Å². The molecule has 0 aromatic carbocycles. The minimum absolute atomic E-state index is 0. The SMILES string of the molecule is CN1OC2[C-]=CC=CC2C1N.[CH3-].[Cs+]. The molecule has 0 aromatic rings. The van der Waals surface area contributed by atoms with Gasteiger partial charge in [-0.3, -0.25) is 0 Å². The van der Waals surface area contributed by atoms with Crippen molar-refractivity contribution in [2.75, 3.05) is 7.05 Å². The molecular weight excluding hydrogens is 285 g/mol. The van der Waals surface area contributed by atoms with Crippen LogP contribution in [0.3, 0.4) is 0 Å². The Kier molecular flexibility index (Phi) is 6.76. The van der Waals surface area contributed by atoms with E-state index in [1.54, 1.807) is 5.06 Å². The summed E-state index contributed by atoms with van der Waals surface area (Å²) in [6.07, 6.45) is 8.98. The molecule has 2 rings (SSSR count). The van der Waals surface area contributed by atoms with E-state index in [1.165, 1.54) is 0 Å². The quantitative estimate of drug-likeness (QED) is 0.503. The van der Waals surface area contributed by atoms with Gasteiger partial charge in [0, 0.05) is 19.1 Å². The Morgan fingerprint density at radius 2 is 2.23 bits per heavy atom. The molecule has 68 valence electrons. The zero-order valence-electron chi connectivity index (χ0n) is 8.40. The van der Waals surface area contributed by atoms with E-state index in [4.69, 9.17) is 10.6 Å². The van der Waals surface area contributed by atoms with Crippen molar-refractivity contribution in [3.8, 4) is 0 Å². The maximum absolute atomic E-state index is 5.83. The van der Waals surface area contributed by atoms with Crippen LogP contribution in [-0.4, -0.2) is 24.4 Å². The van der Waals surface area contributed by atoms with Crippen molar-refractivity contribution in [2.24, 2.45) is 11.7 Å². The smallest absolute Gasteiger partial charge is 0.358 e. The summed E-state index contributed by atoms with van der Waals surface area (Å²) in [5.74, 6) is 0.269. The van der Waals surface area contributed by atoms with Gasteiger partial charge in [-0.2, -0.15) is 11.1 Å². The van der Waals surface area contributed by atoms with Crippen LogP contribution >= 0.6 is 0 Å². The van der Waals surface area contributed by atoms with E-state index in [2.05, 4.69) is 12.2 Å². The molecule has 1 saturated heterocycles. The van der Waals surface area contributed by atoms with E-state index in [9.17, 15) is 0 Å². The molecule has 0 spiro atoms. The third kappa shape index (κ3) is 2.93. The zero-order chi connectivity index (χ0) is 7.84. The van der Waals surface area contributed by atoms with E-state index in [-0.39, 0.29) is 94.5 Å². The van der Waals surface area contributed by atoms with E-state index in [0.29, 0.717) is 0 Å². The predicted molar refractivity (Wildman–Crippen MR) is 47.5 cm³/mol. The first-order valence-corrected chi connectivity index (χ1v) is 3.70. The summed E-state index contributed by atoms with van der Waals surface area (Å²) in [6.45, 7) is 0. The first-order chi connectivity index (χ1) is 5.29. The summed E-state index contributed by atoms with van der Waals surface area (Å²) in [6, 6.07) is 0. The Labute approximate surface area is 139 Å². The van der Waals surface area contributed by atoms with Crippen LogP contribution in [-0.2, 0) is 4.84 Å². The summed E-state index contributed by atoms with van der Waals surface area (Å²) in [4.78, 5) is 5.39. The Bertz CT molecular complexity index is 218. The number of allylic oxidation sites excluding steroid dienone is 2. The van der Waals surface area contributed by atoms with Crippen LogP contribution in [0.15, 0.2) is 18.2 Å². The second-order valence-electron chi connectivity index (χ2n) is 2.86. The molecular formula is C9H14CsN2O-. The fourth-order valence-corrected chi connectivity index (χ4v) is 1.43. The molecule has 3 atom stereocenters. The van der Waals surface area contributed by atoms with E-state index < -0.39 is 0 Å². The number of nitrogens with zero attached hydrogens (tertiary/aromatic N) is 1. The fraction of sp³-hybridized carbons (Fsp3) is 0.444. The van der Waals surface area contributed by atoms with Crippen molar-refractivity contribution in [3.63, 3.8) is 0 Å². The molecule has 2 aliphatic rings. The van der Waals surface area contributed by atoms with Crippen LogP contribution < -0.4 is 74.6 Å². The molecule has 1 fully saturated rings. The number of fused-ring (bicyclic) bond motifs is 1. The number of hydrogen-bond acceptors (Lipinski definition) is 3. The topological polar surface area (TPSA) is 38.5 Å². The van der Waals surface area contributed by atoms with Crippen LogP contribution in [0.1, 0.15) is 0 Å². The summed E-state index contributed by atoms with van der Waals surface area (Å²) in [5, 5.41) is 1.69. The Balaban J connectivity index is 0.000000720. The molecule has 0 amide bonds. The Hall–Kier alpha value is 1.41. The molecule has 0 bridgehead atoms. The van der Waals surface area contributed by atoms with Crippen LogP contribution in [0.5, 0.6) is 0 Å². The fourth-order valence-electron chi connectivity index (χ4n) is 1.43. The van der Waals surface area contributed by atoms with Gasteiger partial charge in [0.1, 0.15) is 0 Å². The van der Waals surface area contributed by atoms with Crippen molar-refractivity contribution in [1.29, 1.82) is 0 Å². The molecule has 0 radical (unpaired) electrons. The maximum atomic E-state index is 5.83. The summed E-state index contributed by atoms with van der Waals surface area (Å²) in [5.41, 5.74) is 5.83. The number of hydroxylamine groups is 2. The second-order valence-corrected chi connectivity index (χ2v) is 2.86. The van der Waals surface area contributed by atoms with Gasteiger partial charge in [-0.25, -0.2) is 18.2 Å². The molecule has 3 unspecified atom stereocenters. The van der Waals surface area contributed by atoms with Gasteiger partial charge in [0.25, 0.3) is 0 Å². The molecule has 3 nitrogen and oxygen atoms in total. The number of hydrogen-bond donors (Lipinski definition) is 1. The molecule has 1 heterocycles. The third-order valence-electron chi connectivity index (χ3n) is 2.13. The van der Waals surface area contributed by atoms with Crippen LogP contribution in [0.25, 0.3) is 0 Å². The van der Waals surface area contributed by atoms with Crippen molar-refractivity contribution in [3.05, 3.63) is 31.7 Å². The molecule has 13 heavy (non-hydrogen) atoms. The van der Waals surface area contributed by atoms with Gasteiger partial charge in [0.2, 0.25) is 0 Å². The van der Waals surface area contributed by atoms with Crippen molar-refractivity contribution in [2.45, 2.75) is 12.3 Å². The van der Waals surface area contributed by atoms with Gasteiger partial charge in [0.05, 0.1) is 6.17 Å². The molecule has 0 saturated carbocycles. The monoisotopic (exact) mass is 299 g/mol. The van der Waals surface area contributed by atoms with Gasteiger partial charge in [-0.1, -0.05) is 0 Å². The summed E-state index contributed by atoms with van der Waals surface area (Å²) < 4.78 is 0. The Morgan fingerprint density at radius 1 is 1.54 bits per heavy atom. The standard InChI is InChI=1S/C8H11N2O.CH3.Cs/c1-10-8(9)6-4-2-3-5-7(6)11-10;;/h2-4,6-8H,9H2,1H3;1H3;/q2*-1;+1. The first-order valence-electron chi connectivity index (χ1n) is 3.70. The zero-order valence-corrected chi connectivity index (χ0v) is 14.7. The predicted octanol–water partition coefficient (Wildman–Crippen LogP) is -2.48. The minimum atomic E-state index is -0.0301. The molecule has 4 heteroatoms. The largest absolute Gasteiger partial charge is 1.00 e. The van der Waals surface area contributed by atoms with Gasteiger partial charge >= 0.3 is 68.9 Å². The van der Waals surface area contributed by atoms with E-state index in [0.717, 1.165) is 0 Å². The average molecular weight is 299 g/mol. The Morgan fingerprint density at radius 3 is 2.85 bits per heavy atom. The van der Waals surface area contributed by atoms with Crippen molar-refractivity contribution < 1.29 is 73.7 Å². The van der Waals surface area contributed by atoms with Gasteiger partial charge in [0.15, 0.2) is 0 Å². The van der Waals surface area contributed by atoms with Crippen LogP contribution in [0.2, 0.25) is 0 Å². The number of nitrogens with two attached hydrogens (primary N) is 1. The second kappa shape index (κ2) is 6.09. The molecule has 1 aliphatic heterocycles. The molecule has 0 aromatic heterocycles. The average Bonchev–Trinajstić information content (AvgIpc) is 2.30. The van der Waals surface area contributed by atoms with Crippen molar-refractivity contribution >= 4 is 0 Å². The van der Waals surface area contributed by atoms with Gasteiger partial charge < -0.3 is 18.0 Å². The molecule has 1 aliphatic carbocycles. The minimum Gasteiger partial charge on any atom is -0.358 e. The first kappa shape index (κ1) is 14.4. The van der Waals surface area contributed by atoms with Crippen LogP contribution in [0.4, 0.5) is 0 Å². The summed E-state index contributed by atoms with van der Waals surface area (Å²) >= 11 is 0. The third-order valence-corrected chi connectivity index (χ3v) is 2.13. The van der Waals surface area contributed by atoms with Crippen molar-refractivity contribution in [1.82, 2.24) is 5.06 Å². The van der Waals surface area contributed by atoms with E-state index >= 15 is 0 Å². The van der Waals surface area contributed by atoms with Crippen LogP contribution in [0, 0.1) is 19.4 Å². The number of rotatable bonds is 0.